The molecule has 1 unspecified atom stereocenters. The van der Waals surface area contributed by atoms with Crippen LogP contribution in [-0.4, -0.2) is 28.8 Å². The second kappa shape index (κ2) is 4.70. The zero-order valence-electron chi connectivity index (χ0n) is 9.99. The highest BCUT2D eigenvalue weighted by atomic mass is 32.2. The zero-order valence-corrected chi connectivity index (χ0v) is 10.8. The van der Waals surface area contributed by atoms with Crippen molar-refractivity contribution in [2.75, 3.05) is 18.8 Å². The number of thioether (sulfide) groups is 1. The number of fused-ring (bicyclic) bond motifs is 1. The lowest BCUT2D eigenvalue weighted by Crippen LogP contribution is -2.10. The number of aromatic amines is 1. The Kier molecular flexibility index (Phi) is 3.07. The van der Waals surface area contributed by atoms with E-state index >= 15 is 0 Å². The minimum atomic E-state index is 0.801. The summed E-state index contributed by atoms with van der Waals surface area (Å²) in [6.07, 6.45) is 1.30. The average Bonchev–Trinajstić information content (AvgIpc) is 2.94. The van der Waals surface area contributed by atoms with Gasteiger partial charge in [-0.15, -0.1) is 0 Å². The average molecular weight is 247 g/mol. The van der Waals surface area contributed by atoms with Gasteiger partial charge in [-0.25, -0.2) is 4.98 Å². The smallest absolute Gasteiger partial charge is 0.166 e. The monoisotopic (exact) mass is 247 g/mol. The van der Waals surface area contributed by atoms with E-state index in [0.29, 0.717) is 0 Å². The molecule has 1 aromatic heterocycles. The van der Waals surface area contributed by atoms with Gasteiger partial charge < -0.3 is 10.3 Å². The largest absolute Gasteiger partial charge is 0.333 e. The molecule has 4 heteroatoms. The molecule has 0 bridgehead atoms. The third-order valence-electron chi connectivity index (χ3n) is 3.23. The number of imidazole rings is 1. The molecule has 0 saturated carbocycles. The number of aryl methyl sites for hydroxylation is 1. The molecule has 2 N–H and O–H groups in total. The first kappa shape index (κ1) is 11.1. The third kappa shape index (κ3) is 2.48. The van der Waals surface area contributed by atoms with Crippen molar-refractivity contribution in [3.63, 3.8) is 0 Å². The maximum Gasteiger partial charge on any atom is 0.166 e. The molecule has 1 atom stereocenters. The standard InChI is InChI=1S/C13H17N3S/c1-9-2-3-11-12(6-9)16-13(15-11)17-8-10-4-5-14-7-10/h2-3,6,10,14H,4-5,7-8H2,1H3,(H,15,16). The molecule has 1 aromatic carbocycles. The zero-order chi connectivity index (χ0) is 11.7. The maximum atomic E-state index is 4.60. The predicted molar refractivity (Wildman–Crippen MR) is 72.5 cm³/mol. The summed E-state index contributed by atoms with van der Waals surface area (Å²) in [5, 5.41) is 4.45. The Labute approximate surface area is 105 Å². The lowest BCUT2D eigenvalue weighted by atomic mass is 10.2. The number of nitrogens with one attached hydrogen (secondary N) is 2. The van der Waals surface area contributed by atoms with Crippen molar-refractivity contribution in [1.82, 2.24) is 15.3 Å². The fraction of sp³-hybridized carbons (Fsp3) is 0.462. The van der Waals surface area contributed by atoms with Gasteiger partial charge in [-0.2, -0.15) is 0 Å². The van der Waals surface area contributed by atoms with Crippen molar-refractivity contribution in [2.24, 2.45) is 5.92 Å². The van der Waals surface area contributed by atoms with Crippen molar-refractivity contribution in [3.05, 3.63) is 23.8 Å². The lowest BCUT2D eigenvalue weighted by Gasteiger charge is -2.04. The van der Waals surface area contributed by atoms with E-state index < -0.39 is 0 Å². The van der Waals surface area contributed by atoms with E-state index in [4.69, 9.17) is 0 Å². The first-order chi connectivity index (χ1) is 8.31. The summed E-state index contributed by atoms with van der Waals surface area (Å²) in [5.74, 6) is 1.96. The normalized spacial score (nSPS) is 20.2. The highest BCUT2D eigenvalue weighted by Crippen LogP contribution is 2.23. The van der Waals surface area contributed by atoms with Crippen LogP contribution < -0.4 is 5.32 Å². The van der Waals surface area contributed by atoms with E-state index in [1.165, 1.54) is 18.5 Å². The van der Waals surface area contributed by atoms with Crippen LogP contribution >= 0.6 is 11.8 Å². The molecule has 2 heterocycles. The van der Waals surface area contributed by atoms with Crippen LogP contribution in [0.5, 0.6) is 0 Å². The Bertz CT molecular complexity index is 514. The maximum absolute atomic E-state index is 4.60. The predicted octanol–water partition coefficient (Wildman–Crippen LogP) is 2.57. The molecule has 1 fully saturated rings. The molecule has 2 aromatic rings. The van der Waals surface area contributed by atoms with Crippen molar-refractivity contribution in [3.8, 4) is 0 Å². The van der Waals surface area contributed by atoms with Gasteiger partial charge in [0.05, 0.1) is 11.0 Å². The number of H-pyrrole nitrogens is 1. The summed E-state index contributed by atoms with van der Waals surface area (Å²) in [6.45, 7) is 4.44. The topological polar surface area (TPSA) is 40.7 Å². The molecule has 1 saturated heterocycles. The molecule has 0 amide bonds. The van der Waals surface area contributed by atoms with E-state index in [1.807, 2.05) is 11.8 Å². The SMILES string of the molecule is Cc1ccc2nc(SCC3CCNC3)[nH]c2c1. The van der Waals surface area contributed by atoms with Gasteiger partial charge in [0.2, 0.25) is 0 Å². The highest BCUT2D eigenvalue weighted by molar-refractivity contribution is 7.99. The van der Waals surface area contributed by atoms with Gasteiger partial charge in [-0.05, 0) is 50.0 Å². The molecule has 0 spiro atoms. The van der Waals surface area contributed by atoms with Gasteiger partial charge in [0.25, 0.3) is 0 Å². The van der Waals surface area contributed by atoms with E-state index in [-0.39, 0.29) is 0 Å². The van der Waals surface area contributed by atoms with Crippen LogP contribution in [0, 0.1) is 12.8 Å². The number of aromatic nitrogens is 2. The minimum Gasteiger partial charge on any atom is -0.333 e. The second-order valence-corrected chi connectivity index (χ2v) is 5.74. The first-order valence-corrected chi connectivity index (χ1v) is 7.10. The van der Waals surface area contributed by atoms with Crippen LogP contribution in [0.4, 0.5) is 0 Å². The number of rotatable bonds is 3. The third-order valence-corrected chi connectivity index (χ3v) is 4.34. The summed E-state index contributed by atoms with van der Waals surface area (Å²) in [7, 11) is 0. The van der Waals surface area contributed by atoms with E-state index in [2.05, 4.69) is 40.4 Å². The van der Waals surface area contributed by atoms with Gasteiger partial charge >= 0.3 is 0 Å². The second-order valence-electron chi connectivity index (χ2n) is 4.73. The molecule has 1 aliphatic heterocycles. The summed E-state index contributed by atoms with van der Waals surface area (Å²) in [6, 6.07) is 6.35. The number of benzene rings is 1. The van der Waals surface area contributed by atoms with E-state index in [9.17, 15) is 0 Å². The van der Waals surface area contributed by atoms with E-state index in [0.717, 1.165) is 34.4 Å². The van der Waals surface area contributed by atoms with Crippen molar-refractivity contribution in [2.45, 2.75) is 18.5 Å². The molecular formula is C13H17N3S. The Balaban J connectivity index is 1.72. The Morgan fingerprint density at radius 1 is 1.47 bits per heavy atom. The Hall–Kier alpha value is -1.00. The van der Waals surface area contributed by atoms with Gasteiger partial charge in [0.1, 0.15) is 0 Å². The van der Waals surface area contributed by atoms with Crippen molar-refractivity contribution in [1.29, 1.82) is 0 Å². The Morgan fingerprint density at radius 2 is 2.41 bits per heavy atom. The summed E-state index contributed by atoms with van der Waals surface area (Å²) >= 11 is 1.84. The number of hydrogen-bond acceptors (Lipinski definition) is 3. The molecule has 3 rings (SSSR count). The fourth-order valence-electron chi connectivity index (χ4n) is 2.22. The molecular weight excluding hydrogens is 230 g/mol. The van der Waals surface area contributed by atoms with Gasteiger partial charge in [0, 0.05) is 5.75 Å². The number of hydrogen-bond donors (Lipinski definition) is 2. The van der Waals surface area contributed by atoms with Gasteiger partial charge in [-0.3, -0.25) is 0 Å². The summed E-state index contributed by atoms with van der Waals surface area (Å²) < 4.78 is 0. The van der Waals surface area contributed by atoms with Crippen LogP contribution in [0.1, 0.15) is 12.0 Å². The minimum absolute atomic E-state index is 0.801. The van der Waals surface area contributed by atoms with Crippen LogP contribution in [0.25, 0.3) is 11.0 Å². The van der Waals surface area contributed by atoms with Crippen LogP contribution in [0.3, 0.4) is 0 Å². The van der Waals surface area contributed by atoms with Gasteiger partial charge in [-0.1, -0.05) is 17.8 Å². The van der Waals surface area contributed by atoms with Crippen LogP contribution in [-0.2, 0) is 0 Å². The van der Waals surface area contributed by atoms with Crippen molar-refractivity contribution < 1.29 is 0 Å². The molecule has 1 aliphatic rings. The molecule has 90 valence electrons. The quantitative estimate of drug-likeness (QED) is 0.819. The molecule has 0 radical (unpaired) electrons. The molecule has 17 heavy (non-hydrogen) atoms. The number of nitrogens with zero attached hydrogens (tertiary/aromatic N) is 1. The molecule has 3 nitrogen and oxygen atoms in total. The summed E-state index contributed by atoms with van der Waals surface area (Å²) in [4.78, 5) is 7.99. The van der Waals surface area contributed by atoms with E-state index in [1.54, 1.807) is 0 Å². The van der Waals surface area contributed by atoms with Crippen LogP contribution in [0.2, 0.25) is 0 Å². The fourth-order valence-corrected chi connectivity index (χ4v) is 3.25. The van der Waals surface area contributed by atoms with Crippen molar-refractivity contribution >= 4 is 22.8 Å². The molecule has 0 aliphatic carbocycles. The Morgan fingerprint density at radius 3 is 3.24 bits per heavy atom. The van der Waals surface area contributed by atoms with Gasteiger partial charge in [0.15, 0.2) is 5.16 Å². The van der Waals surface area contributed by atoms with Crippen LogP contribution in [0.15, 0.2) is 23.4 Å². The summed E-state index contributed by atoms with van der Waals surface area (Å²) in [5.41, 5.74) is 3.50. The highest BCUT2D eigenvalue weighted by Gasteiger charge is 2.15. The first-order valence-electron chi connectivity index (χ1n) is 6.11. The lowest BCUT2D eigenvalue weighted by molar-refractivity contribution is 0.662.